The molecule has 0 aliphatic heterocycles. The molecule has 4 nitrogen and oxygen atoms in total. The van der Waals surface area contributed by atoms with Crippen LogP contribution in [0.4, 0.5) is 4.39 Å². The van der Waals surface area contributed by atoms with Crippen LogP contribution >= 0.6 is 0 Å². The first-order chi connectivity index (χ1) is 9.52. The molecule has 1 aromatic rings. The number of esters is 1. The van der Waals surface area contributed by atoms with Gasteiger partial charge in [-0.3, -0.25) is 9.78 Å². The summed E-state index contributed by atoms with van der Waals surface area (Å²) in [6, 6.07) is 2.87. The van der Waals surface area contributed by atoms with E-state index in [9.17, 15) is 9.18 Å². The van der Waals surface area contributed by atoms with Crippen molar-refractivity contribution in [3.05, 3.63) is 29.8 Å². The standard InChI is InChI=1S/C15H21FN2O2/c1-3-9(2)13(17)8-20-15(19)12-6-11(12)14-5-4-10(16)7-18-14/h4-5,7,9,11-13H,3,6,8,17H2,1-2H3/t9-,11+,12+,13+/m0/s1. The van der Waals surface area contributed by atoms with Gasteiger partial charge >= 0.3 is 5.97 Å². The topological polar surface area (TPSA) is 65.2 Å². The maximum absolute atomic E-state index is 12.8. The molecule has 0 unspecified atom stereocenters. The van der Waals surface area contributed by atoms with E-state index in [0.29, 0.717) is 5.92 Å². The Labute approximate surface area is 118 Å². The second-order valence-corrected chi connectivity index (χ2v) is 5.53. The summed E-state index contributed by atoms with van der Waals surface area (Å²) in [5.74, 6) is -0.357. The fourth-order valence-corrected chi connectivity index (χ4v) is 2.14. The summed E-state index contributed by atoms with van der Waals surface area (Å²) in [7, 11) is 0. The molecule has 1 heterocycles. The monoisotopic (exact) mass is 280 g/mol. The molecular weight excluding hydrogens is 259 g/mol. The number of carbonyl (C=O) groups is 1. The highest BCUT2D eigenvalue weighted by Crippen LogP contribution is 2.47. The zero-order chi connectivity index (χ0) is 14.7. The molecule has 20 heavy (non-hydrogen) atoms. The van der Waals surface area contributed by atoms with E-state index >= 15 is 0 Å². The van der Waals surface area contributed by atoms with Crippen molar-refractivity contribution in [2.75, 3.05) is 6.61 Å². The lowest BCUT2D eigenvalue weighted by molar-refractivity contribution is -0.146. The molecule has 0 amide bonds. The van der Waals surface area contributed by atoms with Crippen LogP contribution in [0.15, 0.2) is 18.3 Å². The number of halogens is 1. The summed E-state index contributed by atoms with van der Waals surface area (Å²) in [4.78, 5) is 15.9. The minimum absolute atomic E-state index is 0.0583. The van der Waals surface area contributed by atoms with Gasteiger partial charge in [-0.05, 0) is 24.5 Å². The average Bonchev–Trinajstić information content (AvgIpc) is 3.24. The molecule has 1 aliphatic rings. The van der Waals surface area contributed by atoms with E-state index in [2.05, 4.69) is 11.9 Å². The molecule has 0 spiro atoms. The Balaban J connectivity index is 1.80. The fourth-order valence-electron chi connectivity index (χ4n) is 2.14. The van der Waals surface area contributed by atoms with Gasteiger partial charge < -0.3 is 10.5 Å². The third-order valence-corrected chi connectivity index (χ3v) is 4.02. The molecule has 110 valence electrons. The van der Waals surface area contributed by atoms with Gasteiger partial charge in [0, 0.05) is 17.7 Å². The quantitative estimate of drug-likeness (QED) is 0.812. The van der Waals surface area contributed by atoms with Crippen LogP contribution in [0.1, 0.15) is 38.3 Å². The first-order valence-corrected chi connectivity index (χ1v) is 7.06. The molecule has 1 saturated carbocycles. The fraction of sp³-hybridized carbons (Fsp3) is 0.600. The van der Waals surface area contributed by atoms with E-state index in [4.69, 9.17) is 10.5 Å². The van der Waals surface area contributed by atoms with Crippen LogP contribution in [-0.2, 0) is 9.53 Å². The number of ether oxygens (including phenoxy) is 1. The lowest BCUT2D eigenvalue weighted by Gasteiger charge is -2.17. The Morgan fingerprint density at radius 3 is 2.95 bits per heavy atom. The van der Waals surface area contributed by atoms with Gasteiger partial charge in [-0.15, -0.1) is 0 Å². The second kappa shape index (κ2) is 6.31. The highest BCUT2D eigenvalue weighted by atomic mass is 19.1. The highest BCUT2D eigenvalue weighted by molar-refractivity contribution is 5.77. The Morgan fingerprint density at radius 1 is 1.60 bits per heavy atom. The van der Waals surface area contributed by atoms with E-state index in [-0.39, 0.29) is 36.3 Å². The molecule has 1 aromatic heterocycles. The van der Waals surface area contributed by atoms with Gasteiger partial charge in [0.15, 0.2) is 0 Å². The van der Waals surface area contributed by atoms with Crippen LogP contribution in [-0.4, -0.2) is 23.6 Å². The molecule has 2 N–H and O–H groups in total. The minimum Gasteiger partial charge on any atom is -0.464 e. The van der Waals surface area contributed by atoms with Crippen LogP contribution in [0.3, 0.4) is 0 Å². The van der Waals surface area contributed by atoms with Crippen molar-refractivity contribution in [2.24, 2.45) is 17.6 Å². The number of carbonyl (C=O) groups excluding carboxylic acids is 1. The molecule has 1 fully saturated rings. The second-order valence-electron chi connectivity index (χ2n) is 5.53. The summed E-state index contributed by atoms with van der Waals surface area (Å²) < 4.78 is 18.0. The summed E-state index contributed by atoms with van der Waals surface area (Å²) in [5.41, 5.74) is 6.68. The maximum Gasteiger partial charge on any atom is 0.309 e. The van der Waals surface area contributed by atoms with Crippen LogP contribution in [0.25, 0.3) is 0 Å². The molecule has 0 aromatic carbocycles. The molecule has 0 bridgehead atoms. The molecule has 1 aliphatic carbocycles. The number of hydrogen-bond acceptors (Lipinski definition) is 4. The van der Waals surface area contributed by atoms with Crippen LogP contribution in [0, 0.1) is 17.7 Å². The molecule has 0 radical (unpaired) electrons. The van der Waals surface area contributed by atoms with Crippen LogP contribution in [0.2, 0.25) is 0 Å². The van der Waals surface area contributed by atoms with Crippen molar-refractivity contribution >= 4 is 5.97 Å². The summed E-state index contributed by atoms with van der Waals surface area (Å²) in [5, 5.41) is 0. The zero-order valence-electron chi connectivity index (χ0n) is 11.9. The lowest BCUT2D eigenvalue weighted by Crippen LogP contribution is -2.34. The minimum atomic E-state index is -0.368. The Hall–Kier alpha value is -1.49. The SMILES string of the molecule is CC[C@H](C)[C@H](N)COC(=O)[C@@H]1C[C@H]1c1ccc(F)cn1. The molecule has 4 atom stereocenters. The van der Waals surface area contributed by atoms with Gasteiger partial charge in [-0.25, -0.2) is 4.39 Å². The molecule has 5 heteroatoms. The van der Waals surface area contributed by atoms with Gasteiger partial charge in [0.2, 0.25) is 0 Å². The predicted octanol–water partition coefficient (Wildman–Crippen LogP) is 2.24. The third kappa shape index (κ3) is 3.54. The normalized spacial score (nSPS) is 24.0. The van der Waals surface area contributed by atoms with Gasteiger partial charge in [0.25, 0.3) is 0 Å². The lowest BCUT2D eigenvalue weighted by atomic mass is 10.0. The van der Waals surface area contributed by atoms with Crippen LogP contribution < -0.4 is 5.73 Å². The molecule has 2 rings (SSSR count). The van der Waals surface area contributed by atoms with Gasteiger partial charge in [0.05, 0.1) is 12.1 Å². The zero-order valence-corrected chi connectivity index (χ0v) is 11.9. The number of nitrogens with zero attached hydrogens (tertiary/aromatic N) is 1. The first kappa shape index (κ1) is 14.9. The van der Waals surface area contributed by atoms with Gasteiger partial charge in [-0.2, -0.15) is 0 Å². The van der Waals surface area contributed by atoms with Crippen molar-refractivity contribution in [1.82, 2.24) is 4.98 Å². The summed E-state index contributed by atoms with van der Waals surface area (Å²) >= 11 is 0. The van der Waals surface area contributed by atoms with Crippen molar-refractivity contribution in [1.29, 1.82) is 0 Å². The van der Waals surface area contributed by atoms with Gasteiger partial charge in [-0.1, -0.05) is 20.3 Å². The summed E-state index contributed by atoms with van der Waals surface area (Å²) in [6.45, 7) is 4.36. The van der Waals surface area contributed by atoms with Gasteiger partial charge in [0.1, 0.15) is 12.4 Å². The third-order valence-electron chi connectivity index (χ3n) is 4.02. The molecule has 0 saturated heterocycles. The van der Waals surface area contributed by atoms with E-state index in [1.54, 1.807) is 6.07 Å². The predicted molar refractivity (Wildman–Crippen MR) is 73.4 cm³/mol. The Bertz CT molecular complexity index is 463. The number of hydrogen-bond donors (Lipinski definition) is 1. The molecular formula is C15H21FN2O2. The van der Waals surface area contributed by atoms with Crippen molar-refractivity contribution in [2.45, 2.75) is 38.6 Å². The largest absolute Gasteiger partial charge is 0.464 e. The van der Waals surface area contributed by atoms with E-state index in [0.717, 1.165) is 18.5 Å². The Morgan fingerprint density at radius 2 is 2.35 bits per heavy atom. The van der Waals surface area contributed by atoms with E-state index in [1.165, 1.54) is 12.3 Å². The Kier molecular flexibility index (Phi) is 4.70. The number of pyridine rings is 1. The van der Waals surface area contributed by atoms with Crippen LogP contribution in [0.5, 0.6) is 0 Å². The van der Waals surface area contributed by atoms with E-state index < -0.39 is 0 Å². The maximum atomic E-state index is 12.8. The summed E-state index contributed by atoms with van der Waals surface area (Å²) in [6.07, 6.45) is 2.86. The average molecular weight is 280 g/mol. The van der Waals surface area contributed by atoms with E-state index in [1.807, 2.05) is 6.92 Å². The number of rotatable bonds is 6. The van der Waals surface area contributed by atoms with Crippen molar-refractivity contribution in [3.63, 3.8) is 0 Å². The smallest absolute Gasteiger partial charge is 0.309 e. The first-order valence-electron chi connectivity index (χ1n) is 7.06. The highest BCUT2D eigenvalue weighted by Gasteiger charge is 2.46. The van der Waals surface area contributed by atoms with Crippen molar-refractivity contribution < 1.29 is 13.9 Å². The van der Waals surface area contributed by atoms with Crippen molar-refractivity contribution in [3.8, 4) is 0 Å². The number of aromatic nitrogens is 1. The number of nitrogens with two attached hydrogens (primary N) is 1.